The molecule has 0 radical (unpaired) electrons. The highest BCUT2D eigenvalue weighted by molar-refractivity contribution is 5.88. The van der Waals surface area contributed by atoms with Crippen molar-refractivity contribution in [2.75, 3.05) is 5.01 Å². The number of rotatable bonds is 2. The van der Waals surface area contributed by atoms with Gasteiger partial charge in [-0.1, -0.05) is 30.3 Å². The monoisotopic (exact) mass is 229 g/mol. The molecule has 1 aromatic heterocycles. The van der Waals surface area contributed by atoms with Gasteiger partial charge in [0.2, 0.25) is 5.91 Å². The maximum Gasteiger partial charge on any atom is 0.267 e. The molecule has 0 saturated heterocycles. The number of carbonyl (C=O) groups excluding carboxylic acids is 1. The molecule has 1 heterocycles. The molecular formula is C11H11N5O. The van der Waals surface area contributed by atoms with Gasteiger partial charge in [-0.15, -0.1) is 5.10 Å². The summed E-state index contributed by atoms with van der Waals surface area (Å²) in [6.07, 6.45) is 1.52. The normalized spacial score (nSPS) is 10.0. The maximum absolute atomic E-state index is 11.1. The van der Waals surface area contributed by atoms with E-state index in [-0.39, 0.29) is 11.9 Å². The molecule has 0 bridgehead atoms. The van der Waals surface area contributed by atoms with Crippen molar-refractivity contribution in [3.8, 4) is 11.3 Å². The molecule has 1 aromatic carbocycles. The summed E-state index contributed by atoms with van der Waals surface area (Å²) in [4.78, 5) is 15.3. The number of hydrazine groups is 1. The zero-order valence-electron chi connectivity index (χ0n) is 9.24. The van der Waals surface area contributed by atoms with E-state index in [1.165, 1.54) is 13.1 Å². The molecule has 17 heavy (non-hydrogen) atoms. The minimum atomic E-state index is -0.350. The Morgan fingerprint density at radius 1 is 1.29 bits per heavy atom. The van der Waals surface area contributed by atoms with Gasteiger partial charge in [0.05, 0.1) is 11.9 Å². The first-order valence-corrected chi connectivity index (χ1v) is 4.99. The molecule has 2 N–H and O–H groups in total. The van der Waals surface area contributed by atoms with Crippen LogP contribution < -0.4 is 10.9 Å². The Balaban J connectivity index is 2.39. The summed E-state index contributed by atoms with van der Waals surface area (Å²) in [5.74, 6) is 5.24. The van der Waals surface area contributed by atoms with Crippen molar-refractivity contribution in [1.82, 2.24) is 15.2 Å². The van der Waals surface area contributed by atoms with Crippen molar-refractivity contribution in [2.45, 2.75) is 6.92 Å². The van der Waals surface area contributed by atoms with Gasteiger partial charge in [-0.25, -0.2) is 15.8 Å². The van der Waals surface area contributed by atoms with Gasteiger partial charge in [0.15, 0.2) is 0 Å². The molecule has 0 aliphatic heterocycles. The van der Waals surface area contributed by atoms with E-state index >= 15 is 0 Å². The number of nitrogens with two attached hydrogens (primary N) is 1. The third-order valence-electron chi connectivity index (χ3n) is 2.17. The summed E-state index contributed by atoms with van der Waals surface area (Å²) in [6.45, 7) is 1.33. The van der Waals surface area contributed by atoms with Crippen molar-refractivity contribution < 1.29 is 4.79 Å². The summed E-state index contributed by atoms with van der Waals surface area (Å²) in [5.41, 5.74) is 1.51. The minimum absolute atomic E-state index is 0.0823. The lowest BCUT2D eigenvalue weighted by molar-refractivity contribution is -0.116. The summed E-state index contributed by atoms with van der Waals surface area (Å²) < 4.78 is 0. The predicted molar refractivity (Wildman–Crippen MR) is 62.6 cm³/mol. The average Bonchev–Trinajstić information content (AvgIpc) is 2.39. The number of nitrogens with zero attached hydrogens (tertiary/aromatic N) is 4. The molecule has 0 aliphatic rings. The van der Waals surface area contributed by atoms with E-state index in [4.69, 9.17) is 5.84 Å². The van der Waals surface area contributed by atoms with Crippen LogP contribution in [0.15, 0.2) is 36.5 Å². The molecule has 0 spiro atoms. The topological polar surface area (TPSA) is 85.0 Å². The predicted octanol–water partition coefficient (Wildman–Crippen LogP) is 0.765. The molecule has 0 unspecified atom stereocenters. The van der Waals surface area contributed by atoms with Crippen LogP contribution in [-0.2, 0) is 4.79 Å². The number of hydrogen-bond acceptors (Lipinski definition) is 5. The lowest BCUT2D eigenvalue weighted by Crippen LogP contribution is -2.37. The number of carbonyl (C=O) groups is 1. The van der Waals surface area contributed by atoms with Gasteiger partial charge in [0.1, 0.15) is 0 Å². The zero-order valence-corrected chi connectivity index (χ0v) is 9.24. The lowest BCUT2D eigenvalue weighted by Gasteiger charge is -2.11. The van der Waals surface area contributed by atoms with Crippen LogP contribution in [0.2, 0.25) is 0 Å². The van der Waals surface area contributed by atoms with Crippen LogP contribution in [0.3, 0.4) is 0 Å². The van der Waals surface area contributed by atoms with Gasteiger partial charge in [0, 0.05) is 12.5 Å². The van der Waals surface area contributed by atoms with E-state index < -0.39 is 0 Å². The van der Waals surface area contributed by atoms with Crippen molar-refractivity contribution in [3.05, 3.63) is 36.5 Å². The van der Waals surface area contributed by atoms with Gasteiger partial charge >= 0.3 is 0 Å². The average molecular weight is 229 g/mol. The van der Waals surface area contributed by atoms with Crippen LogP contribution >= 0.6 is 0 Å². The Bertz CT molecular complexity index is 528. The first-order valence-electron chi connectivity index (χ1n) is 4.99. The molecule has 2 rings (SSSR count). The van der Waals surface area contributed by atoms with E-state index in [0.717, 1.165) is 10.6 Å². The van der Waals surface area contributed by atoms with Crippen molar-refractivity contribution in [2.24, 2.45) is 5.84 Å². The lowest BCUT2D eigenvalue weighted by atomic mass is 10.2. The fourth-order valence-electron chi connectivity index (χ4n) is 1.29. The molecule has 6 heteroatoms. The molecular weight excluding hydrogens is 218 g/mol. The van der Waals surface area contributed by atoms with Crippen LogP contribution in [0, 0.1) is 0 Å². The first-order chi connectivity index (χ1) is 8.18. The Hall–Kier alpha value is -2.34. The van der Waals surface area contributed by atoms with Crippen molar-refractivity contribution in [1.29, 1.82) is 0 Å². The summed E-state index contributed by atoms with van der Waals surface area (Å²) in [5, 5.41) is 8.34. The summed E-state index contributed by atoms with van der Waals surface area (Å²) in [7, 11) is 0. The summed E-state index contributed by atoms with van der Waals surface area (Å²) >= 11 is 0. The molecule has 0 fully saturated rings. The Morgan fingerprint density at radius 3 is 2.65 bits per heavy atom. The largest absolute Gasteiger partial charge is 0.273 e. The van der Waals surface area contributed by atoms with Gasteiger partial charge < -0.3 is 0 Å². The van der Waals surface area contributed by atoms with Crippen molar-refractivity contribution in [3.63, 3.8) is 0 Å². The van der Waals surface area contributed by atoms with Crippen molar-refractivity contribution >= 4 is 11.9 Å². The fraction of sp³-hybridized carbons (Fsp3) is 0.0909. The smallest absolute Gasteiger partial charge is 0.267 e. The highest BCUT2D eigenvalue weighted by Gasteiger charge is 2.11. The molecule has 86 valence electrons. The number of hydrogen-bond donors (Lipinski definition) is 1. The third-order valence-corrected chi connectivity index (χ3v) is 2.17. The number of benzene rings is 1. The Morgan fingerprint density at radius 2 is 2.00 bits per heavy atom. The molecule has 0 saturated carbocycles. The Labute approximate surface area is 98.1 Å². The highest BCUT2D eigenvalue weighted by Crippen LogP contribution is 2.16. The first kappa shape index (κ1) is 11.2. The van der Waals surface area contributed by atoms with Crippen LogP contribution in [0.5, 0.6) is 0 Å². The van der Waals surface area contributed by atoms with Crippen LogP contribution in [0.1, 0.15) is 6.92 Å². The summed E-state index contributed by atoms with van der Waals surface area (Å²) in [6, 6.07) is 9.47. The van der Waals surface area contributed by atoms with E-state index in [1.807, 2.05) is 30.3 Å². The van der Waals surface area contributed by atoms with Gasteiger partial charge in [-0.3, -0.25) is 4.79 Å². The van der Waals surface area contributed by atoms with Gasteiger partial charge in [-0.2, -0.15) is 5.10 Å². The SMILES string of the molecule is CC(=O)N(N)c1nncc(-c2ccccc2)n1. The molecule has 0 aliphatic carbocycles. The molecule has 2 aromatic rings. The quantitative estimate of drug-likeness (QED) is 0.467. The standard InChI is InChI=1S/C11H11N5O/c1-8(17)16(12)11-14-10(7-13-15-11)9-5-3-2-4-6-9/h2-7H,12H2,1H3. The van der Waals surface area contributed by atoms with Gasteiger partial charge in [-0.05, 0) is 0 Å². The number of amides is 1. The van der Waals surface area contributed by atoms with E-state index in [2.05, 4.69) is 15.2 Å². The van der Waals surface area contributed by atoms with Crippen LogP contribution in [0.25, 0.3) is 11.3 Å². The van der Waals surface area contributed by atoms with Crippen LogP contribution in [0.4, 0.5) is 5.95 Å². The minimum Gasteiger partial charge on any atom is -0.273 e. The second-order valence-electron chi connectivity index (χ2n) is 3.40. The maximum atomic E-state index is 11.1. The molecule has 1 amide bonds. The third kappa shape index (κ3) is 2.43. The van der Waals surface area contributed by atoms with E-state index in [0.29, 0.717) is 5.69 Å². The Kier molecular flexibility index (Phi) is 3.06. The van der Waals surface area contributed by atoms with Crippen LogP contribution in [-0.4, -0.2) is 21.1 Å². The highest BCUT2D eigenvalue weighted by atomic mass is 16.2. The number of anilines is 1. The molecule has 6 nitrogen and oxygen atoms in total. The van der Waals surface area contributed by atoms with Gasteiger partial charge in [0.25, 0.3) is 5.95 Å². The molecule has 0 atom stereocenters. The fourth-order valence-corrected chi connectivity index (χ4v) is 1.29. The zero-order chi connectivity index (χ0) is 12.3. The van der Waals surface area contributed by atoms with E-state index in [9.17, 15) is 4.79 Å². The van der Waals surface area contributed by atoms with E-state index in [1.54, 1.807) is 0 Å². The number of aromatic nitrogens is 3. The second-order valence-corrected chi connectivity index (χ2v) is 3.40. The second kappa shape index (κ2) is 4.67.